The first-order valence-electron chi connectivity index (χ1n) is 12.2. The molecule has 0 amide bonds. The first-order valence-corrected chi connectivity index (χ1v) is 13.8. The van der Waals surface area contributed by atoms with Gasteiger partial charge in [0.1, 0.15) is 6.61 Å². The minimum Gasteiger partial charge on any atom is -0.493 e. The molecule has 40 heavy (non-hydrogen) atoms. The number of hydrogen-bond acceptors (Lipinski definition) is 7. The van der Waals surface area contributed by atoms with Crippen LogP contribution in [0.25, 0.3) is 22.3 Å². The fourth-order valence-electron chi connectivity index (χ4n) is 4.30. The number of methoxy groups -OCH3 is 1. The average Bonchev–Trinajstić information content (AvgIpc) is 3.46. The molecule has 1 aromatic heterocycles. The summed E-state index contributed by atoms with van der Waals surface area (Å²) < 4.78 is 25.3. The lowest BCUT2D eigenvalue weighted by Gasteiger charge is -2.16. The number of aromatic nitrogens is 2. The normalized spacial score (nSPS) is 12.3. The summed E-state index contributed by atoms with van der Waals surface area (Å²) in [6.45, 7) is 0.493. The van der Waals surface area contributed by atoms with Gasteiger partial charge in [-0.15, -0.1) is 0 Å². The smallest absolute Gasteiger partial charge is 0.282 e. The molecule has 2 heterocycles. The first kappa shape index (κ1) is 26.1. The van der Waals surface area contributed by atoms with E-state index in [2.05, 4.69) is 37.0 Å². The molecule has 0 atom stereocenters. The molecule has 1 aliphatic heterocycles. The van der Waals surface area contributed by atoms with E-state index in [1.807, 2.05) is 66.7 Å². The highest BCUT2D eigenvalue weighted by molar-refractivity contribution is 9.13. The van der Waals surface area contributed by atoms with Crippen LogP contribution >= 0.6 is 31.9 Å². The van der Waals surface area contributed by atoms with Gasteiger partial charge in [-0.3, -0.25) is 4.79 Å². The van der Waals surface area contributed by atoms with Crippen LogP contribution < -0.4 is 24.5 Å². The van der Waals surface area contributed by atoms with E-state index >= 15 is 0 Å². The molecule has 0 aliphatic carbocycles. The van der Waals surface area contributed by atoms with Crippen molar-refractivity contribution in [2.45, 2.75) is 6.61 Å². The second-order valence-corrected chi connectivity index (χ2v) is 10.4. The number of nitrogens with zero attached hydrogens (tertiary/aromatic N) is 3. The monoisotopic (exact) mass is 661 g/mol. The van der Waals surface area contributed by atoms with E-state index in [0.29, 0.717) is 54.2 Å². The third kappa shape index (κ3) is 4.96. The standard InChI is InChI=1S/C30H21Br2N3O5/c1-37-25-14-20(26(31)27(32)28(25)38-16-18-11-12-23-24(13-18)40-17-39-23)15-33-35-29(19-7-3-2-4-8-19)34-22-10-6-5-9-21(22)30(35)36/h2-15H,16-17H2,1H3. The molecular formula is C30H21Br2N3O5. The Hall–Kier alpha value is -4.15. The van der Waals surface area contributed by atoms with Gasteiger partial charge in [0.15, 0.2) is 28.8 Å². The minimum absolute atomic E-state index is 0.212. The maximum Gasteiger partial charge on any atom is 0.282 e. The maximum absolute atomic E-state index is 13.5. The fourth-order valence-corrected chi connectivity index (χ4v) is 5.23. The molecule has 200 valence electrons. The number of benzene rings is 4. The third-order valence-corrected chi connectivity index (χ3v) is 8.44. The minimum atomic E-state index is -0.272. The van der Waals surface area contributed by atoms with Gasteiger partial charge in [-0.05, 0) is 67.8 Å². The van der Waals surface area contributed by atoms with E-state index in [4.69, 9.17) is 23.9 Å². The summed E-state index contributed by atoms with van der Waals surface area (Å²) in [6.07, 6.45) is 1.59. The van der Waals surface area contributed by atoms with Gasteiger partial charge in [-0.25, -0.2) is 4.98 Å². The van der Waals surface area contributed by atoms with Gasteiger partial charge in [-0.2, -0.15) is 9.78 Å². The molecule has 0 bridgehead atoms. The SMILES string of the molecule is COc1cc(C=Nn2c(-c3ccccc3)nc3ccccc3c2=O)c(Br)c(Br)c1OCc1ccc2c(c1)OCO2. The van der Waals surface area contributed by atoms with E-state index in [1.54, 1.807) is 25.5 Å². The summed E-state index contributed by atoms with van der Waals surface area (Å²) in [4.78, 5) is 18.2. The topological polar surface area (TPSA) is 84.2 Å². The van der Waals surface area contributed by atoms with Crippen molar-refractivity contribution in [1.82, 2.24) is 9.66 Å². The van der Waals surface area contributed by atoms with Gasteiger partial charge in [0.25, 0.3) is 5.56 Å². The molecular weight excluding hydrogens is 642 g/mol. The summed E-state index contributed by atoms with van der Waals surface area (Å²) in [5.41, 5.74) is 2.68. The van der Waals surface area contributed by atoms with Crippen LogP contribution in [0.2, 0.25) is 0 Å². The zero-order valence-electron chi connectivity index (χ0n) is 21.1. The number of hydrogen-bond donors (Lipinski definition) is 0. The van der Waals surface area contributed by atoms with E-state index in [-0.39, 0.29) is 19.0 Å². The highest BCUT2D eigenvalue weighted by Crippen LogP contribution is 2.43. The van der Waals surface area contributed by atoms with Crippen molar-refractivity contribution in [3.8, 4) is 34.4 Å². The lowest BCUT2D eigenvalue weighted by atomic mass is 10.2. The summed E-state index contributed by atoms with van der Waals surface area (Å²) in [6, 6.07) is 24.2. The Morgan fingerprint density at radius 2 is 1.75 bits per heavy atom. The molecule has 0 saturated carbocycles. The van der Waals surface area contributed by atoms with E-state index < -0.39 is 0 Å². The van der Waals surface area contributed by atoms with Crippen molar-refractivity contribution in [3.05, 3.63) is 109 Å². The Bertz CT molecular complexity index is 1820. The van der Waals surface area contributed by atoms with Crippen LogP contribution in [0.15, 0.2) is 97.7 Å². The molecule has 0 saturated heterocycles. The molecule has 0 unspecified atom stereocenters. The van der Waals surface area contributed by atoms with Crippen molar-refractivity contribution in [3.63, 3.8) is 0 Å². The maximum atomic E-state index is 13.5. The third-order valence-electron chi connectivity index (χ3n) is 6.29. The van der Waals surface area contributed by atoms with Gasteiger partial charge in [0, 0.05) is 15.6 Å². The summed E-state index contributed by atoms with van der Waals surface area (Å²) in [7, 11) is 1.56. The van der Waals surface area contributed by atoms with Crippen LogP contribution in [0.1, 0.15) is 11.1 Å². The first-order chi connectivity index (χ1) is 19.5. The lowest BCUT2D eigenvalue weighted by molar-refractivity contribution is 0.174. The van der Waals surface area contributed by atoms with E-state index in [1.165, 1.54) is 4.68 Å². The second-order valence-electron chi connectivity index (χ2n) is 8.78. The Morgan fingerprint density at radius 3 is 2.58 bits per heavy atom. The van der Waals surface area contributed by atoms with Crippen LogP contribution in [0, 0.1) is 0 Å². The molecule has 6 rings (SSSR count). The average molecular weight is 663 g/mol. The number of ether oxygens (including phenoxy) is 4. The number of para-hydroxylation sites is 1. The molecule has 10 heteroatoms. The van der Waals surface area contributed by atoms with Crippen molar-refractivity contribution >= 4 is 49.0 Å². The molecule has 0 fully saturated rings. The second kappa shape index (κ2) is 11.1. The number of fused-ring (bicyclic) bond motifs is 2. The largest absolute Gasteiger partial charge is 0.493 e. The molecule has 0 spiro atoms. The molecule has 4 aromatic carbocycles. The van der Waals surface area contributed by atoms with Crippen LogP contribution in [0.5, 0.6) is 23.0 Å². The zero-order valence-corrected chi connectivity index (χ0v) is 24.3. The van der Waals surface area contributed by atoms with Crippen molar-refractivity contribution in [2.24, 2.45) is 5.10 Å². The van der Waals surface area contributed by atoms with Gasteiger partial charge >= 0.3 is 0 Å². The van der Waals surface area contributed by atoms with Gasteiger partial charge in [0.2, 0.25) is 6.79 Å². The quantitative estimate of drug-likeness (QED) is 0.179. The molecule has 1 aliphatic rings. The van der Waals surface area contributed by atoms with Crippen LogP contribution in [-0.4, -0.2) is 29.8 Å². The predicted octanol–water partition coefficient (Wildman–Crippen LogP) is 6.79. The van der Waals surface area contributed by atoms with E-state index in [9.17, 15) is 4.79 Å². The number of halogens is 2. The van der Waals surface area contributed by atoms with E-state index in [0.717, 1.165) is 11.1 Å². The summed E-state index contributed by atoms with van der Waals surface area (Å²) in [5.74, 6) is 2.84. The Balaban J connectivity index is 1.36. The highest BCUT2D eigenvalue weighted by atomic mass is 79.9. The van der Waals surface area contributed by atoms with Crippen LogP contribution in [0.4, 0.5) is 0 Å². The summed E-state index contributed by atoms with van der Waals surface area (Å²) in [5, 5.41) is 5.06. The van der Waals surface area contributed by atoms with Gasteiger partial charge in [0.05, 0.1) is 28.7 Å². The summed E-state index contributed by atoms with van der Waals surface area (Å²) >= 11 is 7.27. The van der Waals surface area contributed by atoms with Crippen molar-refractivity contribution in [1.29, 1.82) is 0 Å². The van der Waals surface area contributed by atoms with Crippen LogP contribution in [-0.2, 0) is 6.61 Å². The van der Waals surface area contributed by atoms with Gasteiger partial charge in [-0.1, -0.05) is 48.5 Å². The number of rotatable bonds is 7. The predicted molar refractivity (Wildman–Crippen MR) is 160 cm³/mol. The highest BCUT2D eigenvalue weighted by Gasteiger charge is 2.19. The lowest BCUT2D eigenvalue weighted by Crippen LogP contribution is -2.20. The Morgan fingerprint density at radius 1 is 0.975 bits per heavy atom. The zero-order chi connectivity index (χ0) is 27.6. The molecule has 0 radical (unpaired) electrons. The molecule has 5 aromatic rings. The van der Waals surface area contributed by atoms with Crippen molar-refractivity contribution < 1.29 is 18.9 Å². The van der Waals surface area contributed by atoms with Crippen LogP contribution in [0.3, 0.4) is 0 Å². The Labute approximate surface area is 246 Å². The fraction of sp³-hybridized carbons (Fsp3) is 0.100. The van der Waals surface area contributed by atoms with Gasteiger partial charge < -0.3 is 18.9 Å². The van der Waals surface area contributed by atoms with Crippen molar-refractivity contribution in [2.75, 3.05) is 13.9 Å². The Kier molecular flexibility index (Phi) is 7.27. The molecule has 0 N–H and O–H groups in total. The molecule has 8 nitrogen and oxygen atoms in total.